The predicted molar refractivity (Wildman–Crippen MR) is 124 cm³/mol. The van der Waals surface area contributed by atoms with Gasteiger partial charge in [-0.15, -0.1) is 11.3 Å². The van der Waals surface area contributed by atoms with E-state index < -0.39 is 11.7 Å². The van der Waals surface area contributed by atoms with Crippen molar-refractivity contribution in [1.82, 2.24) is 0 Å². The molecule has 0 saturated heterocycles. The second-order valence-corrected chi connectivity index (χ2v) is 8.68. The van der Waals surface area contributed by atoms with E-state index in [0.717, 1.165) is 44.2 Å². The van der Waals surface area contributed by atoms with Gasteiger partial charge in [0.05, 0.1) is 5.56 Å². The zero-order valence-corrected chi connectivity index (χ0v) is 18.0. The third-order valence-electron chi connectivity index (χ3n) is 5.14. The van der Waals surface area contributed by atoms with Crippen LogP contribution in [0.2, 0.25) is 0 Å². The number of alkyl halides is 3. The molecule has 0 radical (unpaired) electrons. The van der Waals surface area contributed by atoms with E-state index >= 15 is 0 Å². The fraction of sp³-hybridized carbons (Fsp3) is 0.111. The highest BCUT2D eigenvalue weighted by Crippen LogP contribution is 2.35. The van der Waals surface area contributed by atoms with Gasteiger partial charge in [-0.05, 0) is 66.5 Å². The standard InChI is InChI=1S/C27H21F3S/c1-18-3-7-20(8-4-18)25(21-9-5-19(2)6-10-21)17-24-15-16-26(31-24)22-11-13-23(14-12-22)27(28,29)30/h3-17H,1-2H3. The van der Waals surface area contributed by atoms with Gasteiger partial charge in [-0.3, -0.25) is 0 Å². The Labute approximate surface area is 184 Å². The van der Waals surface area contributed by atoms with E-state index in [4.69, 9.17) is 0 Å². The monoisotopic (exact) mass is 434 g/mol. The highest BCUT2D eigenvalue weighted by Gasteiger charge is 2.30. The molecule has 0 aliphatic carbocycles. The number of thiophene rings is 1. The lowest BCUT2D eigenvalue weighted by molar-refractivity contribution is -0.137. The second-order valence-electron chi connectivity index (χ2n) is 7.57. The summed E-state index contributed by atoms with van der Waals surface area (Å²) in [5.74, 6) is 0. The molecule has 0 amide bonds. The van der Waals surface area contributed by atoms with Crippen LogP contribution in [0.1, 0.15) is 32.7 Å². The summed E-state index contributed by atoms with van der Waals surface area (Å²) < 4.78 is 38.5. The van der Waals surface area contributed by atoms with Gasteiger partial charge in [0.2, 0.25) is 0 Å². The van der Waals surface area contributed by atoms with Crippen LogP contribution in [0.4, 0.5) is 13.2 Å². The van der Waals surface area contributed by atoms with E-state index in [-0.39, 0.29) is 0 Å². The van der Waals surface area contributed by atoms with E-state index in [9.17, 15) is 13.2 Å². The molecule has 1 heterocycles. The first-order valence-electron chi connectivity index (χ1n) is 9.93. The molecule has 3 aromatic carbocycles. The Morgan fingerprint density at radius 1 is 0.677 bits per heavy atom. The maximum absolute atomic E-state index is 12.8. The Morgan fingerprint density at radius 2 is 1.19 bits per heavy atom. The Morgan fingerprint density at radius 3 is 1.68 bits per heavy atom. The topological polar surface area (TPSA) is 0 Å². The average molecular weight is 435 g/mol. The third kappa shape index (κ3) is 4.97. The average Bonchev–Trinajstić information content (AvgIpc) is 3.22. The maximum Gasteiger partial charge on any atom is 0.416 e. The zero-order valence-electron chi connectivity index (χ0n) is 17.2. The smallest absolute Gasteiger partial charge is 0.166 e. The predicted octanol–water partition coefficient (Wildman–Crippen LogP) is 8.64. The number of hydrogen-bond acceptors (Lipinski definition) is 1. The lowest BCUT2D eigenvalue weighted by atomic mass is 9.96. The zero-order chi connectivity index (χ0) is 22.0. The molecule has 0 nitrogen and oxygen atoms in total. The van der Waals surface area contributed by atoms with Gasteiger partial charge in [0.15, 0.2) is 0 Å². The van der Waals surface area contributed by atoms with Crippen molar-refractivity contribution in [3.63, 3.8) is 0 Å². The molecule has 0 spiro atoms. The van der Waals surface area contributed by atoms with E-state index in [1.807, 2.05) is 12.1 Å². The van der Waals surface area contributed by atoms with Crippen molar-refractivity contribution in [2.45, 2.75) is 20.0 Å². The van der Waals surface area contributed by atoms with Crippen molar-refractivity contribution in [3.8, 4) is 10.4 Å². The lowest BCUT2D eigenvalue weighted by Crippen LogP contribution is -2.03. The molecule has 0 aliphatic heterocycles. The van der Waals surface area contributed by atoms with Crippen LogP contribution in [-0.4, -0.2) is 0 Å². The molecule has 1 aromatic heterocycles. The Hall–Kier alpha value is -3.11. The van der Waals surface area contributed by atoms with Crippen molar-refractivity contribution >= 4 is 23.0 Å². The van der Waals surface area contributed by atoms with Gasteiger partial charge in [0.25, 0.3) is 0 Å². The summed E-state index contributed by atoms with van der Waals surface area (Å²) in [6.07, 6.45) is -2.17. The van der Waals surface area contributed by atoms with Crippen LogP contribution < -0.4 is 0 Å². The van der Waals surface area contributed by atoms with Crippen molar-refractivity contribution in [2.75, 3.05) is 0 Å². The van der Waals surface area contributed by atoms with Gasteiger partial charge in [0, 0.05) is 9.75 Å². The summed E-state index contributed by atoms with van der Waals surface area (Å²) in [5, 5.41) is 0. The molecule has 0 unspecified atom stereocenters. The SMILES string of the molecule is Cc1ccc(C(=Cc2ccc(-c3ccc(C(F)(F)F)cc3)s2)c2ccc(C)cc2)cc1. The lowest BCUT2D eigenvalue weighted by Gasteiger charge is -2.09. The van der Waals surface area contributed by atoms with E-state index in [0.29, 0.717) is 0 Å². The number of hydrogen-bond donors (Lipinski definition) is 0. The van der Waals surface area contributed by atoms with Gasteiger partial charge in [-0.1, -0.05) is 71.8 Å². The fourth-order valence-electron chi connectivity index (χ4n) is 3.35. The minimum atomic E-state index is -4.32. The second kappa shape index (κ2) is 8.56. The number of rotatable bonds is 4. The van der Waals surface area contributed by atoms with Crippen molar-refractivity contribution in [1.29, 1.82) is 0 Å². The fourth-order valence-corrected chi connectivity index (χ4v) is 4.31. The van der Waals surface area contributed by atoms with E-state index in [1.165, 1.54) is 23.3 Å². The molecule has 0 bridgehead atoms. The highest BCUT2D eigenvalue weighted by molar-refractivity contribution is 7.16. The number of aryl methyl sites for hydroxylation is 2. The van der Waals surface area contributed by atoms with Crippen molar-refractivity contribution < 1.29 is 13.2 Å². The van der Waals surface area contributed by atoms with Crippen LogP contribution in [-0.2, 0) is 6.18 Å². The molecule has 4 aromatic rings. The van der Waals surface area contributed by atoms with Gasteiger partial charge < -0.3 is 0 Å². The molecule has 0 aliphatic rings. The highest BCUT2D eigenvalue weighted by atomic mass is 32.1. The largest absolute Gasteiger partial charge is 0.416 e. The Bertz CT molecular complexity index is 1150. The first kappa shape index (κ1) is 21.1. The molecule has 0 atom stereocenters. The van der Waals surface area contributed by atoms with Crippen molar-refractivity contribution in [3.05, 3.63) is 118 Å². The number of halogens is 3. The molecular weight excluding hydrogens is 413 g/mol. The summed E-state index contributed by atoms with van der Waals surface area (Å²) in [7, 11) is 0. The molecule has 0 fully saturated rings. The van der Waals surface area contributed by atoms with Crippen molar-refractivity contribution in [2.24, 2.45) is 0 Å². The first-order valence-corrected chi connectivity index (χ1v) is 10.7. The minimum absolute atomic E-state index is 0.631. The Kier molecular flexibility index (Phi) is 5.84. The van der Waals surface area contributed by atoms with Gasteiger partial charge >= 0.3 is 6.18 Å². The van der Waals surface area contributed by atoms with Crippen LogP contribution in [0.5, 0.6) is 0 Å². The first-order chi connectivity index (χ1) is 14.8. The summed E-state index contributed by atoms with van der Waals surface area (Å²) in [6, 6.07) is 26.2. The van der Waals surface area contributed by atoms with Crippen LogP contribution >= 0.6 is 11.3 Å². The summed E-state index contributed by atoms with van der Waals surface area (Å²) in [5.41, 5.74) is 5.91. The summed E-state index contributed by atoms with van der Waals surface area (Å²) >= 11 is 1.57. The van der Waals surface area contributed by atoms with Crippen LogP contribution in [0.3, 0.4) is 0 Å². The van der Waals surface area contributed by atoms with Crippen LogP contribution in [0.25, 0.3) is 22.1 Å². The molecular formula is C27H21F3S. The van der Waals surface area contributed by atoms with Gasteiger partial charge in [-0.25, -0.2) is 0 Å². The third-order valence-corrected chi connectivity index (χ3v) is 6.22. The van der Waals surface area contributed by atoms with Gasteiger partial charge in [0.1, 0.15) is 0 Å². The quantitative estimate of drug-likeness (QED) is 0.301. The van der Waals surface area contributed by atoms with E-state index in [2.05, 4.69) is 68.5 Å². The van der Waals surface area contributed by atoms with Crippen LogP contribution in [0, 0.1) is 13.8 Å². The molecule has 0 saturated carbocycles. The molecule has 4 heteroatoms. The minimum Gasteiger partial charge on any atom is -0.166 e. The molecule has 4 rings (SSSR count). The number of benzene rings is 3. The normalized spacial score (nSPS) is 11.4. The molecule has 31 heavy (non-hydrogen) atoms. The Balaban J connectivity index is 1.71. The molecule has 0 N–H and O–H groups in total. The summed E-state index contributed by atoms with van der Waals surface area (Å²) in [6.45, 7) is 4.13. The van der Waals surface area contributed by atoms with Gasteiger partial charge in [-0.2, -0.15) is 13.2 Å². The summed E-state index contributed by atoms with van der Waals surface area (Å²) in [4.78, 5) is 1.98. The molecule has 156 valence electrons. The van der Waals surface area contributed by atoms with Crippen LogP contribution in [0.15, 0.2) is 84.9 Å². The van der Waals surface area contributed by atoms with E-state index in [1.54, 1.807) is 11.3 Å². The maximum atomic E-state index is 12.8.